The van der Waals surface area contributed by atoms with Gasteiger partial charge in [0.25, 0.3) is 0 Å². The molecule has 21 heavy (non-hydrogen) atoms. The number of hydrogen-bond donors (Lipinski definition) is 2. The standard InChI is InChI=1S/C17H19ClN2O/c1-12(14-5-7-15(18)8-6-14)20-17(21)11-4-13-2-9-16(19)10-3-13/h2-3,5-10,12H,4,11,19H2,1H3,(H,20,21)/t12-/m1/s1. The van der Waals surface area contributed by atoms with E-state index in [1.54, 1.807) is 0 Å². The highest BCUT2D eigenvalue weighted by atomic mass is 35.5. The number of nitrogens with one attached hydrogen (secondary N) is 1. The van der Waals surface area contributed by atoms with Gasteiger partial charge in [0.15, 0.2) is 0 Å². The minimum Gasteiger partial charge on any atom is -0.399 e. The molecule has 2 rings (SSSR count). The number of aryl methyl sites for hydroxylation is 1. The Bertz CT molecular complexity index is 593. The van der Waals surface area contributed by atoms with Crippen LogP contribution in [0, 0.1) is 0 Å². The van der Waals surface area contributed by atoms with E-state index >= 15 is 0 Å². The zero-order chi connectivity index (χ0) is 15.2. The SMILES string of the molecule is C[C@@H](NC(=O)CCc1ccc(N)cc1)c1ccc(Cl)cc1. The van der Waals surface area contributed by atoms with Gasteiger partial charge in [0, 0.05) is 17.1 Å². The maximum atomic E-state index is 12.0. The van der Waals surface area contributed by atoms with Crippen LogP contribution in [0.1, 0.15) is 30.5 Å². The molecule has 1 atom stereocenters. The van der Waals surface area contributed by atoms with E-state index in [9.17, 15) is 4.79 Å². The molecule has 1 amide bonds. The van der Waals surface area contributed by atoms with E-state index < -0.39 is 0 Å². The molecule has 0 saturated heterocycles. The highest BCUT2D eigenvalue weighted by Gasteiger charge is 2.09. The van der Waals surface area contributed by atoms with E-state index in [1.165, 1.54) is 0 Å². The van der Waals surface area contributed by atoms with Crippen molar-refractivity contribution in [3.05, 3.63) is 64.7 Å². The summed E-state index contributed by atoms with van der Waals surface area (Å²) in [5, 5.41) is 3.69. The van der Waals surface area contributed by atoms with E-state index in [0.29, 0.717) is 17.9 Å². The quantitative estimate of drug-likeness (QED) is 0.827. The van der Waals surface area contributed by atoms with Gasteiger partial charge in [-0.15, -0.1) is 0 Å². The molecule has 0 aromatic heterocycles. The Hall–Kier alpha value is -2.00. The molecular weight excluding hydrogens is 284 g/mol. The molecule has 3 N–H and O–H groups in total. The lowest BCUT2D eigenvalue weighted by Crippen LogP contribution is -2.26. The fourth-order valence-electron chi connectivity index (χ4n) is 2.09. The smallest absolute Gasteiger partial charge is 0.220 e. The normalized spacial score (nSPS) is 11.9. The molecule has 0 aliphatic rings. The van der Waals surface area contributed by atoms with Crippen molar-refractivity contribution in [3.63, 3.8) is 0 Å². The Morgan fingerprint density at radius 1 is 1.14 bits per heavy atom. The minimum atomic E-state index is -0.0267. The van der Waals surface area contributed by atoms with Gasteiger partial charge in [-0.1, -0.05) is 35.9 Å². The van der Waals surface area contributed by atoms with Crippen molar-refractivity contribution in [1.29, 1.82) is 0 Å². The number of carbonyl (C=O) groups excluding carboxylic acids is 1. The first kappa shape index (κ1) is 15.4. The first-order valence-electron chi connectivity index (χ1n) is 6.94. The average Bonchev–Trinajstić information content (AvgIpc) is 2.47. The third-order valence-electron chi connectivity index (χ3n) is 3.37. The summed E-state index contributed by atoms with van der Waals surface area (Å²) in [4.78, 5) is 12.0. The Morgan fingerprint density at radius 3 is 2.38 bits per heavy atom. The maximum absolute atomic E-state index is 12.0. The summed E-state index contributed by atoms with van der Waals surface area (Å²) in [5.41, 5.74) is 8.52. The number of halogens is 1. The minimum absolute atomic E-state index is 0.0267. The summed E-state index contributed by atoms with van der Waals surface area (Å²) in [7, 11) is 0. The van der Waals surface area contributed by atoms with E-state index in [1.807, 2.05) is 55.5 Å². The van der Waals surface area contributed by atoms with Crippen molar-refractivity contribution in [1.82, 2.24) is 5.32 Å². The van der Waals surface area contributed by atoms with Crippen LogP contribution < -0.4 is 11.1 Å². The molecule has 4 heteroatoms. The molecule has 0 spiro atoms. The lowest BCUT2D eigenvalue weighted by molar-refractivity contribution is -0.121. The van der Waals surface area contributed by atoms with Crippen LogP contribution in [0.3, 0.4) is 0 Å². The Kier molecular flexibility index (Phi) is 5.23. The molecular formula is C17H19ClN2O. The molecule has 0 unspecified atom stereocenters. The molecule has 3 nitrogen and oxygen atoms in total. The van der Waals surface area contributed by atoms with Gasteiger partial charge in [-0.25, -0.2) is 0 Å². The van der Waals surface area contributed by atoms with Crippen molar-refractivity contribution in [3.8, 4) is 0 Å². The van der Waals surface area contributed by atoms with Gasteiger partial charge in [0.05, 0.1) is 6.04 Å². The van der Waals surface area contributed by atoms with Gasteiger partial charge < -0.3 is 11.1 Å². The van der Waals surface area contributed by atoms with Crippen LogP contribution in [0.25, 0.3) is 0 Å². The van der Waals surface area contributed by atoms with Crippen LogP contribution in [-0.2, 0) is 11.2 Å². The van der Waals surface area contributed by atoms with Crippen LogP contribution in [0.2, 0.25) is 5.02 Å². The first-order valence-corrected chi connectivity index (χ1v) is 7.31. The largest absolute Gasteiger partial charge is 0.399 e. The van der Waals surface area contributed by atoms with E-state index in [4.69, 9.17) is 17.3 Å². The van der Waals surface area contributed by atoms with Crippen LogP contribution >= 0.6 is 11.6 Å². The Labute approximate surface area is 130 Å². The predicted octanol–water partition coefficient (Wildman–Crippen LogP) is 3.73. The molecule has 0 heterocycles. The number of anilines is 1. The molecule has 0 fully saturated rings. The van der Waals surface area contributed by atoms with E-state index in [-0.39, 0.29) is 11.9 Å². The van der Waals surface area contributed by atoms with Crippen LogP contribution in [0.4, 0.5) is 5.69 Å². The number of amides is 1. The molecule has 2 aromatic carbocycles. The monoisotopic (exact) mass is 302 g/mol. The third-order valence-corrected chi connectivity index (χ3v) is 3.62. The van der Waals surface area contributed by atoms with Crippen LogP contribution in [0.5, 0.6) is 0 Å². The molecule has 0 radical (unpaired) electrons. The Morgan fingerprint density at radius 2 is 1.76 bits per heavy atom. The number of nitrogens with two attached hydrogens (primary N) is 1. The molecule has 0 aliphatic carbocycles. The van der Waals surface area contributed by atoms with Crippen molar-refractivity contribution >= 4 is 23.2 Å². The summed E-state index contributed by atoms with van der Waals surface area (Å²) in [6.07, 6.45) is 1.17. The number of rotatable bonds is 5. The number of carbonyl (C=O) groups is 1. The zero-order valence-corrected chi connectivity index (χ0v) is 12.7. The first-order chi connectivity index (χ1) is 10.0. The summed E-state index contributed by atoms with van der Waals surface area (Å²) in [5.74, 6) is 0.0364. The van der Waals surface area contributed by atoms with Gasteiger partial charge in [-0.3, -0.25) is 4.79 Å². The van der Waals surface area contributed by atoms with Gasteiger partial charge in [0.1, 0.15) is 0 Å². The summed E-state index contributed by atoms with van der Waals surface area (Å²) in [6.45, 7) is 1.96. The zero-order valence-electron chi connectivity index (χ0n) is 12.0. The van der Waals surface area contributed by atoms with E-state index in [0.717, 1.165) is 16.8 Å². The number of hydrogen-bond acceptors (Lipinski definition) is 2. The molecule has 0 aliphatic heterocycles. The fourth-order valence-corrected chi connectivity index (χ4v) is 2.22. The Balaban J connectivity index is 1.83. The van der Waals surface area contributed by atoms with Crippen LogP contribution in [-0.4, -0.2) is 5.91 Å². The summed E-state index contributed by atoms with van der Waals surface area (Å²) < 4.78 is 0. The van der Waals surface area contributed by atoms with Crippen molar-refractivity contribution in [2.24, 2.45) is 0 Å². The van der Waals surface area contributed by atoms with E-state index in [2.05, 4.69) is 5.32 Å². The highest BCUT2D eigenvalue weighted by Crippen LogP contribution is 2.16. The fraction of sp³-hybridized carbons (Fsp3) is 0.235. The topological polar surface area (TPSA) is 55.1 Å². The van der Waals surface area contributed by atoms with Gasteiger partial charge in [0.2, 0.25) is 5.91 Å². The summed E-state index contributed by atoms with van der Waals surface area (Å²) in [6, 6.07) is 15.1. The molecule has 110 valence electrons. The third kappa shape index (κ3) is 4.80. The van der Waals surface area contributed by atoms with Crippen LogP contribution in [0.15, 0.2) is 48.5 Å². The van der Waals surface area contributed by atoms with Gasteiger partial charge in [-0.2, -0.15) is 0 Å². The second-order valence-corrected chi connectivity index (χ2v) is 5.52. The molecule has 0 saturated carbocycles. The van der Waals surface area contributed by atoms with Gasteiger partial charge in [-0.05, 0) is 48.7 Å². The lowest BCUT2D eigenvalue weighted by atomic mass is 10.1. The number of nitrogen functional groups attached to an aromatic ring is 1. The van der Waals surface area contributed by atoms with Gasteiger partial charge >= 0.3 is 0 Å². The number of benzene rings is 2. The maximum Gasteiger partial charge on any atom is 0.220 e. The van der Waals surface area contributed by atoms with Crippen molar-refractivity contribution in [2.45, 2.75) is 25.8 Å². The lowest BCUT2D eigenvalue weighted by Gasteiger charge is -2.14. The van der Waals surface area contributed by atoms with Crippen molar-refractivity contribution in [2.75, 3.05) is 5.73 Å². The summed E-state index contributed by atoms with van der Waals surface area (Å²) >= 11 is 5.85. The molecule has 2 aromatic rings. The second-order valence-electron chi connectivity index (χ2n) is 5.08. The molecule has 0 bridgehead atoms. The predicted molar refractivity (Wildman–Crippen MR) is 87.2 cm³/mol. The van der Waals surface area contributed by atoms with Crippen molar-refractivity contribution < 1.29 is 4.79 Å². The second kappa shape index (κ2) is 7.14. The average molecular weight is 303 g/mol. The highest BCUT2D eigenvalue weighted by molar-refractivity contribution is 6.30.